The average molecular weight is 417 g/mol. The van der Waals surface area contributed by atoms with E-state index < -0.39 is 10.0 Å². The molecule has 5 nitrogen and oxygen atoms in total. The number of para-hydroxylation sites is 1. The molecule has 3 N–H and O–H groups in total. The molecule has 0 bridgehead atoms. The summed E-state index contributed by atoms with van der Waals surface area (Å²) in [5.74, 6) is 0. The third kappa shape index (κ3) is 3.47. The summed E-state index contributed by atoms with van der Waals surface area (Å²) in [6.45, 7) is 0. The Morgan fingerprint density at radius 1 is 1.14 bits per heavy atom. The third-order valence-corrected chi connectivity index (χ3v) is 5.47. The minimum atomic E-state index is -3.56. The molecule has 112 valence electrons. The van der Waals surface area contributed by atoms with Crippen LogP contribution in [0.5, 0.6) is 0 Å². The van der Waals surface area contributed by atoms with Gasteiger partial charge in [-0.2, -0.15) is 0 Å². The third-order valence-electron chi connectivity index (χ3n) is 2.93. The van der Waals surface area contributed by atoms with Crippen molar-refractivity contribution in [1.29, 1.82) is 0 Å². The lowest BCUT2D eigenvalue weighted by molar-refractivity contribution is 0.521. The lowest BCUT2D eigenvalue weighted by atomic mass is 10.2. The van der Waals surface area contributed by atoms with Gasteiger partial charge >= 0.3 is 0 Å². The zero-order valence-corrected chi connectivity index (χ0v) is 14.6. The minimum Gasteiger partial charge on any atom is -0.396 e. The highest BCUT2D eigenvalue weighted by Crippen LogP contribution is 2.30. The van der Waals surface area contributed by atoms with Crippen molar-refractivity contribution in [1.82, 2.24) is 4.31 Å². The molecule has 2 rings (SSSR count). The van der Waals surface area contributed by atoms with Crippen LogP contribution in [0.1, 0.15) is 0 Å². The Morgan fingerprint density at radius 3 is 2.43 bits per heavy atom. The molecule has 0 atom stereocenters. The van der Waals surface area contributed by atoms with Crippen molar-refractivity contribution < 1.29 is 8.42 Å². The monoisotopic (exact) mass is 417 g/mol. The topological polar surface area (TPSA) is 75.4 Å². The maximum atomic E-state index is 12.2. The van der Waals surface area contributed by atoms with Crippen LogP contribution < -0.4 is 11.1 Å². The quantitative estimate of drug-likeness (QED) is 0.593. The largest absolute Gasteiger partial charge is 0.396 e. The van der Waals surface area contributed by atoms with Gasteiger partial charge in [0.05, 0.1) is 11.4 Å². The Hall–Kier alpha value is -1.32. The summed E-state index contributed by atoms with van der Waals surface area (Å²) in [7, 11) is -0.602. The lowest BCUT2D eigenvalue weighted by Crippen LogP contribution is -2.23. The zero-order valence-electron chi connectivity index (χ0n) is 11.7. The van der Waals surface area contributed by atoms with Crippen LogP contribution in [0, 0.1) is 3.57 Å². The molecule has 0 unspecified atom stereocenters. The first kappa shape index (κ1) is 16.1. The van der Waals surface area contributed by atoms with Crippen LogP contribution in [0.2, 0.25) is 0 Å². The molecule has 0 aliphatic carbocycles. The number of hydrogen-bond donors (Lipinski definition) is 2. The van der Waals surface area contributed by atoms with Gasteiger partial charge < -0.3 is 11.1 Å². The van der Waals surface area contributed by atoms with E-state index in [0.717, 1.165) is 13.6 Å². The number of nitrogens with zero attached hydrogens (tertiary/aromatic N) is 1. The molecule has 0 heterocycles. The number of halogens is 1. The van der Waals surface area contributed by atoms with Gasteiger partial charge in [-0.15, -0.1) is 0 Å². The van der Waals surface area contributed by atoms with Gasteiger partial charge in [0, 0.05) is 23.4 Å². The Kier molecular flexibility index (Phi) is 4.74. The highest BCUT2D eigenvalue weighted by molar-refractivity contribution is 14.1. The second-order valence-corrected chi connectivity index (χ2v) is 8.01. The highest BCUT2D eigenvalue weighted by Gasteiger charge is 2.21. The van der Waals surface area contributed by atoms with Crippen molar-refractivity contribution >= 4 is 49.7 Å². The number of rotatable bonds is 4. The van der Waals surface area contributed by atoms with Gasteiger partial charge in [0.1, 0.15) is 4.90 Å². The molecule has 7 heteroatoms. The van der Waals surface area contributed by atoms with Crippen LogP contribution in [0.25, 0.3) is 0 Å². The van der Waals surface area contributed by atoms with E-state index in [-0.39, 0.29) is 10.6 Å². The molecular formula is C14H16IN3O2S. The SMILES string of the molecule is CN(C)S(=O)(=O)c1cccc(Nc2cccc(I)c2)c1N. The zero-order chi connectivity index (χ0) is 15.6. The van der Waals surface area contributed by atoms with Gasteiger partial charge in [-0.1, -0.05) is 12.1 Å². The number of nitrogens with two attached hydrogens (primary N) is 1. The van der Waals surface area contributed by atoms with Crippen LogP contribution in [0.3, 0.4) is 0 Å². The van der Waals surface area contributed by atoms with Crippen LogP contribution in [0.15, 0.2) is 47.4 Å². The Balaban J connectivity index is 2.44. The molecule has 2 aromatic carbocycles. The van der Waals surface area contributed by atoms with Crippen molar-refractivity contribution in [2.75, 3.05) is 25.1 Å². The molecule has 2 aromatic rings. The molecule has 21 heavy (non-hydrogen) atoms. The molecule has 0 spiro atoms. The average Bonchev–Trinajstić information content (AvgIpc) is 2.41. The number of anilines is 3. The molecule has 0 aliphatic heterocycles. The second-order valence-electron chi connectivity index (χ2n) is 4.64. The summed E-state index contributed by atoms with van der Waals surface area (Å²) < 4.78 is 26.7. The van der Waals surface area contributed by atoms with E-state index >= 15 is 0 Å². The van der Waals surface area contributed by atoms with Crippen molar-refractivity contribution in [2.45, 2.75) is 4.90 Å². The fourth-order valence-electron chi connectivity index (χ4n) is 1.80. The molecular weight excluding hydrogens is 401 g/mol. The van der Waals surface area contributed by atoms with Gasteiger partial charge in [0.2, 0.25) is 10.0 Å². The maximum Gasteiger partial charge on any atom is 0.244 e. The van der Waals surface area contributed by atoms with Crippen LogP contribution in [-0.2, 0) is 10.0 Å². The smallest absolute Gasteiger partial charge is 0.244 e. The van der Waals surface area contributed by atoms with Gasteiger partial charge in [0.15, 0.2) is 0 Å². The van der Waals surface area contributed by atoms with E-state index in [1.807, 2.05) is 24.3 Å². The van der Waals surface area contributed by atoms with E-state index in [1.54, 1.807) is 12.1 Å². The predicted molar refractivity (Wildman–Crippen MR) is 94.2 cm³/mol. The fourth-order valence-corrected chi connectivity index (χ4v) is 3.37. The lowest BCUT2D eigenvalue weighted by Gasteiger charge is -2.16. The minimum absolute atomic E-state index is 0.100. The summed E-state index contributed by atoms with van der Waals surface area (Å²) >= 11 is 2.21. The van der Waals surface area contributed by atoms with Gasteiger partial charge in [-0.3, -0.25) is 0 Å². The standard InChI is InChI=1S/C14H16IN3O2S/c1-18(2)21(19,20)13-8-4-7-12(14(13)16)17-11-6-3-5-10(15)9-11/h3-9,17H,16H2,1-2H3. The molecule has 0 saturated heterocycles. The summed E-state index contributed by atoms with van der Waals surface area (Å²) in [5, 5.41) is 3.15. The van der Waals surface area contributed by atoms with Crippen LogP contribution in [-0.4, -0.2) is 26.8 Å². The van der Waals surface area contributed by atoms with Crippen LogP contribution in [0.4, 0.5) is 17.1 Å². The maximum absolute atomic E-state index is 12.2. The molecule has 0 fully saturated rings. The van der Waals surface area contributed by atoms with E-state index in [0.29, 0.717) is 5.69 Å². The Labute approximate surface area is 138 Å². The van der Waals surface area contributed by atoms with E-state index in [9.17, 15) is 8.42 Å². The Bertz CT molecular complexity index is 761. The molecule has 0 saturated carbocycles. The van der Waals surface area contributed by atoms with Crippen molar-refractivity contribution in [2.24, 2.45) is 0 Å². The van der Waals surface area contributed by atoms with Crippen molar-refractivity contribution in [3.05, 3.63) is 46.0 Å². The first-order valence-electron chi connectivity index (χ1n) is 6.16. The number of nitrogens with one attached hydrogen (secondary N) is 1. The van der Waals surface area contributed by atoms with Crippen molar-refractivity contribution in [3.8, 4) is 0 Å². The van der Waals surface area contributed by atoms with Crippen LogP contribution >= 0.6 is 22.6 Å². The summed E-state index contributed by atoms with van der Waals surface area (Å²) in [6, 6.07) is 12.7. The summed E-state index contributed by atoms with van der Waals surface area (Å²) in [4.78, 5) is 0.100. The number of benzene rings is 2. The van der Waals surface area contributed by atoms with Gasteiger partial charge in [-0.05, 0) is 52.9 Å². The molecule has 0 amide bonds. The van der Waals surface area contributed by atoms with E-state index in [1.165, 1.54) is 20.2 Å². The van der Waals surface area contributed by atoms with Gasteiger partial charge in [0.25, 0.3) is 0 Å². The predicted octanol–water partition coefficient (Wildman–Crippen LogP) is 2.87. The number of sulfonamides is 1. The first-order valence-corrected chi connectivity index (χ1v) is 8.68. The van der Waals surface area contributed by atoms with E-state index in [4.69, 9.17) is 5.73 Å². The number of hydrogen-bond acceptors (Lipinski definition) is 4. The first-order chi connectivity index (χ1) is 9.82. The van der Waals surface area contributed by atoms with E-state index in [2.05, 4.69) is 27.9 Å². The summed E-state index contributed by atoms with van der Waals surface area (Å²) in [5.41, 5.74) is 7.66. The Morgan fingerprint density at radius 2 is 1.81 bits per heavy atom. The molecule has 0 radical (unpaired) electrons. The molecule has 0 aromatic heterocycles. The molecule has 0 aliphatic rings. The van der Waals surface area contributed by atoms with Crippen molar-refractivity contribution in [3.63, 3.8) is 0 Å². The van der Waals surface area contributed by atoms with Gasteiger partial charge in [-0.25, -0.2) is 12.7 Å². The highest BCUT2D eigenvalue weighted by atomic mass is 127. The number of nitrogen functional groups attached to an aromatic ring is 1. The summed E-state index contributed by atoms with van der Waals surface area (Å²) in [6.07, 6.45) is 0. The fraction of sp³-hybridized carbons (Fsp3) is 0.143. The normalized spacial score (nSPS) is 11.6. The second kappa shape index (κ2) is 6.20.